The van der Waals surface area contributed by atoms with E-state index in [-0.39, 0.29) is 5.91 Å². The lowest BCUT2D eigenvalue weighted by molar-refractivity contribution is 0.0827. The molecule has 1 aromatic carbocycles. The molecule has 0 bridgehead atoms. The zero-order valence-electron chi connectivity index (χ0n) is 15.2. The molecule has 1 rings (SSSR count). The molecule has 1 amide bonds. The minimum atomic E-state index is 0.0177. The van der Waals surface area contributed by atoms with Crippen molar-refractivity contribution in [3.8, 4) is 0 Å². The topological polar surface area (TPSA) is 56.7 Å². The molecule has 0 aliphatic rings. The van der Waals surface area contributed by atoms with Crippen molar-refractivity contribution in [2.75, 3.05) is 27.7 Å². The number of carbonyl (C=O) groups excluding carboxylic acids is 1. The van der Waals surface area contributed by atoms with E-state index >= 15 is 0 Å². The van der Waals surface area contributed by atoms with Gasteiger partial charge in [0.1, 0.15) is 0 Å². The van der Waals surface area contributed by atoms with Gasteiger partial charge in [0.15, 0.2) is 5.96 Å². The highest BCUT2D eigenvalue weighted by Crippen LogP contribution is 2.16. The van der Waals surface area contributed by atoms with E-state index in [9.17, 15) is 4.79 Å². The maximum absolute atomic E-state index is 11.8. The van der Waals surface area contributed by atoms with E-state index in [2.05, 4.69) is 36.4 Å². The Labute approximate surface area is 140 Å². The van der Waals surface area contributed by atoms with Gasteiger partial charge in [-0.2, -0.15) is 0 Å². The number of nitrogens with one attached hydrogen (secondary N) is 2. The Balaban J connectivity index is 2.48. The molecule has 0 aliphatic carbocycles. The summed E-state index contributed by atoms with van der Waals surface area (Å²) >= 11 is 0. The molecule has 2 N–H and O–H groups in total. The van der Waals surface area contributed by atoms with Crippen LogP contribution in [0.3, 0.4) is 0 Å². The van der Waals surface area contributed by atoms with Crippen LogP contribution in [0.25, 0.3) is 0 Å². The summed E-state index contributed by atoms with van der Waals surface area (Å²) in [7, 11) is 5.28. The molecule has 0 unspecified atom stereocenters. The number of nitrogens with zero attached hydrogens (tertiary/aromatic N) is 2. The second-order valence-corrected chi connectivity index (χ2v) is 7.06. The number of hydrogen-bond acceptors (Lipinski definition) is 2. The smallest absolute Gasteiger partial charge is 0.253 e. The third kappa shape index (κ3) is 7.17. The first kappa shape index (κ1) is 19.0. The van der Waals surface area contributed by atoms with Crippen LogP contribution in [0.15, 0.2) is 29.3 Å². The highest BCUT2D eigenvalue weighted by atomic mass is 16.2. The van der Waals surface area contributed by atoms with Crippen molar-refractivity contribution in [1.29, 1.82) is 0 Å². The van der Waals surface area contributed by atoms with Crippen molar-refractivity contribution in [2.24, 2.45) is 10.4 Å². The Morgan fingerprint density at radius 1 is 1.13 bits per heavy atom. The fourth-order valence-corrected chi connectivity index (χ4v) is 1.99. The van der Waals surface area contributed by atoms with E-state index < -0.39 is 0 Å². The predicted octanol–water partition coefficient (Wildman–Crippen LogP) is 2.49. The quantitative estimate of drug-likeness (QED) is 0.648. The first-order chi connectivity index (χ1) is 10.7. The van der Waals surface area contributed by atoms with Crippen molar-refractivity contribution in [2.45, 2.75) is 33.7 Å². The van der Waals surface area contributed by atoms with E-state index in [1.54, 1.807) is 26.0 Å². The molecule has 0 fully saturated rings. The van der Waals surface area contributed by atoms with Gasteiger partial charge in [-0.1, -0.05) is 32.9 Å². The fraction of sp³-hybridized carbons (Fsp3) is 0.556. The van der Waals surface area contributed by atoms with Crippen LogP contribution in [0.2, 0.25) is 0 Å². The molecule has 0 atom stereocenters. The van der Waals surface area contributed by atoms with Crippen molar-refractivity contribution in [1.82, 2.24) is 15.5 Å². The fourth-order valence-electron chi connectivity index (χ4n) is 1.99. The van der Waals surface area contributed by atoms with Crippen LogP contribution in [0.1, 0.15) is 43.1 Å². The average Bonchev–Trinajstić information content (AvgIpc) is 2.49. The van der Waals surface area contributed by atoms with E-state index in [0.717, 1.165) is 24.5 Å². The van der Waals surface area contributed by atoms with E-state index in [1.165, 1.54) is 0 Å². The number of benzene rings is 1. The van der Waals surface area contributed by atoms with Gasteiger partial charge in [0, 0.05) is 39.8 Å². The van der Waals surface area contributed by atoms with E-state index in [0.29, 0.717) is 17.5 Å². The molecule has 0 spiro atoms. The molecule has 0 saturated carbocycles. The van der Waals surface area contributed by atoms with Crippen molar-refractivity contribution >= 4 is 11.9 Å². The van der Waals surface area contributed by atoms with Crippen LogP contribution in [0.5, 0.6) is 0 Å². The van der Waals surface area contributed by atoms with Crippen LogP contribution in [-0.4, -0.2) is 44.5 Å². The van der Waals surface area contributed by atoms with E-state index in [1.807, 2.05) is 24.3 Å². The van der Waals surface area contributed by atoms with Gasteiger partial charge in [0.2, 0.25) is 0 Å². The molecular weight excluding hydrogens is 288 g/mol. The summed E-state index contributed by atoms with van der Waals surface area (Å²) in [6.07, 6.45) is 1.08. The minimum Gasteiger partial charge on any atom is -0.356 e. The van der Waals surface area contributed by atoms with Crippen LogP contribution in [0.4, 0.5) is 0 Å². The molecule has 5 heteroatoms. The summed E-state index contributed by atoms with van der Waals surface area (Å²) in [5.41, 5.74) is 2.12. The summed E-state index contributed by atoms with van der Waals surface area (Å²) < 4.78 is 0. The molecule has 0 aliphatic heterocycles. The molecule has 0 saturated heterocycles. The summed E-state index contributed by atoms with van der Waals surface area (Å²) in [6, 6.07) is 7.64. The Morgan fingerprint density at radius 3 is 2.22 bits per heavy atom. The normalized spacial score (nSPS) is 12.0. The molecule has 128 valence electrons. The maximum Gasteiger partial charge on any atom is 0.253 e. The lowest BCUT2D eigenvalue weighted by Gasteiger charge is -2.19. The zero-order chi connectivity index (χ0) is 17.5. The van der Waals surface area contributed by atoms with Crippen LogP contribution in [-0.2, 0) is 6.54 Å². The maximum atomic E-state index is 11.8. The third-order valence-corrected chi connectivity index (χ3v) is 3.46. The van der Waals surface area contributed by atoms with Crippen molar-refractivity contribution < 1.29 is 4.79 Å². The Kier molecular flexibility index (Phi) is 7.07. The zero-order valence-corrected chi connectivity index (χ0v) is 15.2. The molecule has 0 heterocycles. The van der Waals surface area contributed by atoms with Crippen molar-refractivity contribution in [3.63, 3.8) is 0 Å². The predicted molar refractivity (Wildman–Crippen MR) is 96.7 cm³/mol. The lowest BCUT2D eigenvalue weighted by Crippen LogP contribution is -2.38. The summed E-state index contributed by atoms with van der Waals surface area (Å²) in [4.78, 5) is 17.7. The molecular formula is C18H30N4O. The number of hydrogen-bond donors (Lipinski definition) is 2. The van der Waals surface area contributed by atoms with Gasteiger partial charge in [0.25, 0.3) is 5.91 Å². The Morgan fingerprint density at radius 2 is 1.74 bits per heavy atom. The number of rotatable bonds is 5. The highest BCUT2D eigenvalue weighted by molar-refractivity contribution is 5.93. The molecule has 23 heavy (non-hydrogen) atoms. The van der Waals surface area contributed by atoms with Crippen LogP contribution < -0.4 is 10.6 Å². The Bertz CT molecular complexity index is 527. The summed E-state index contributed by atoms with van der Waals surface area (Å²) in [5.74, 6) is 0.812. The van der Waals surface area contributed by atoms with E-state index in [4.69, 9.17) is 0 Å². The Hall–Kier alpha value is -2.04. The lowest BCUT2D eigenvalue weighted by atomic mass is 9.92. The number of aliphatic imine (C=N–C) groups is 1. The second-order valence-electron chi connectivity index (χ2n) is 7.06. The molecule has 1 aromatic rings. The van der Waals surface area contributed by atoms with Gasteiger partial charge in [0.05, 0.1) is 0 Å². The van der Waals surface area contributed by atoms with Gasteiger partial charge in [-0.15, -0.1) is 0 Å². The van der Waals surface area contributed by atoms with Gasteiger partial charge in [-0.3, -0.25) is 9.79 Å². The number of carbonyl (C=O) groups is 1. The summed E-state index contributed by atoms with van der Waals surface area (Å²) in [5, 5.41) is 6.61. The number of guanidine groups is 1. The third-order valence-electron chi connectivity index (χ3n) is 3.46. The average molecular weight is 318 g/mol. The van der Waals surface area contributed by atoms with Gasteiger partial charge < -0.3 is 15.5 Å². The monoisotopic (exact) mass is 318 g/mol. The standard InChI is InChI=1S/C18H30N4O/c1-18(2,3)11-12-20-17(19-4)21-13-14-7-9-15(10-8-14)16(23)22(5)6/h7-10H,11-13H2,1-6H3,(H2,19,20,21). The highest BCUT2D eigenvalue weighted by Gasteiger charge is 2.10. The minimum absolute atomic E-state index is 0.0177. The second kappa shape index (κ2) is 8.56. The van der Waals surface area contributed by atoms with Crippen LogP contribution in [0, 0.1) is 5.41 Å². The summed E-state index contributed by atoms with van der Waals surface area (Å²) in [6.45, 7) is 8.23. The van der Waals surface area contributed by atoms with Gasteiger partial charge >= 0.3 is 0 Å². The molecule has 0 aromatic heterocycles. The number of amides is 1. The first-order valence-corrected chi connectivity index (χ1v) is 7.98. The molecule has 5 nitrogen and oxygen atoms in total. The SMILES string of the molecule is CN=C(NCCC(C)(C)C)NCc1ccc(C(=O)N(C)C)cc1. The first-order valence-electron chi connectivity index (χ1n) is 7.98. The van der Waals surface area contributed by atoms with Crippen molar-refractivity contribution in [3.05, 3.63) is 35.4 Å². The molecule has 0 radical (unpaired) electrons. The van der Waals surface area contributed by atoms with Gasteiger partial charge in [-0.25, -0.2) is 0 Å². The largest absolute Gasteiger partial charge is 0.356 e. The van der Waals surface area contributed by atoms with Crippen LogP contribution >= 0.6 is 0 Å². The van der Waals surface area contributed by atoms with Gasteiger partial charge in [-0.05, 0) is 29.5 Å².